The normalized spacial score (nSPS) is 25.5. The van der Waals surface area contributed by atoms with Crippen molar-refractivity contribution < 1.29 is 4.74 Å². The number of hydrogen-bond acceptors (Lipinski definition) is 5. The van der Waals surface area contributed by atoms with E-state index in [9.17, 15) is 0 Å². The van der Waals surface area contributed by atoms with Crippen LogP contribution in [0.4, 0.5) is 11.6 Å². The number of ether oxygens (including phenoxy) is 1. The van der Waals surface area contributed by atoms with Crippen LogP contribution in [0.25, 0.3) is 0 Å². The molecule has 0 bridgehead atoms. The summed E-state index contributed by atoms with van der Waals surface area (Å²) in [6, 6.07) is 0.456. The fourth-order valence-electron chi connectivity index (χ4n) is 3.29. The lowest BCUT2D eigenvalue weighted by Gasteiger charge is -2.44. The number of nitrogens with zero attached hydrogens (tertiary/aromatic N) is 3. The van der Waals surface area contributed by atoms with Gasteiger partial charge in [-0.1, -0.05) is 19.8 Å². The van der Waals surface area contributed by atoms with Gasteiger partial charge in [0.2, 0.25) is 0 Å². The number of morpholine rings is 1. The van der Waals surface area contributed by atoms with Crippen molar-refractivity contribution in [2.45, 2.75) is 51.2 Å². The van der Waals surface area contributed by atoms with Crippen molar-refractivity contribution in [3.63, 3.8) is 0 Å². The molecule has 1 N–H and O–H groups in total. The summed E-state index contributed by atoms with van der Waals surface area (Å²) in [5.41, 5.74) is 0. The predicted molar refractivity (Wildman–Crippen MR) is 87.9 cm³/mol. The first-order valence-corrected chi connectivity index (χ1v) is 8.73. The van der Waals surface area contributed by atoms with Gasteiger partial charge in [-0.2, -0.15) is 0 Å². The van der Waals surface area contributed by atoms with E-state index in [2.05, 4.69) is 43.0 Å². The number of nitrogens with one attached hydrogen (secondary N) is 1. The van der Waals surface area contributed by atoms with E-state index in [1.54, 1.807) is 6.33 Å². The summed E-state index contributed by atoms with van der Waals surface area (Å²) in [6.07, 6.45) is 8.03. The molecule has 2 aliphatic rings. The maximum absolute atomic E-state index is 5.95. The quantitative estimate of drug-likeness (QED) is 0.899. The highest BCUT2D eigenvalue weighted by atomic mass is 79.9. The van der Waals surface area contributed by atoms with E-state index in [0.29, 0.717) is 12.1 Å². The van der Waals surface area contributed by atoms with Gasteiger partial charge in [-0.3, -0.25) is 0 Å². The summed E-state index contributed by atoms with van der Waals surface area (Å²) in [5, 5.41) is 3.36. The van der Waals surface area contributed by atoms with Crippen molar-refractivity contribution in [2.75, 3.05) is 29.9 Å². The molecule has 1 saturated heterocycles. The van der Waals surface area contributed by atoms with Crippen LogP contribution in [0.2, 0.25) is 0 Å². The molecule has 2 fully saturated rings. The molecule has 3 rings (SSSR count). The van der Waals surface area contributed by atoms with Gasteiger partial charge in [0.05, 0.1) is 18.8 Å². The Morgan fingerprint density at radius 1 is 1.38 bits per heavy atom. The smallest absolute Gasteiger partial charge is 0.148 e. The number of hydrogen-bond donors (Lipinski definition) is 1. The van der Waals surface area contributed by atoms with Gasteiger partial charge in [0.1, 0.15) is 22.4 Å². The number of anilines is 2. The number of halogens is 1. The zero-order valence-electron chi connectivity index (χ0n) is 12.5. The van der Waals surface area contributed by atoms with E-state index in [-0.39, 0.29) is 0 Å². The zero-order valence-corrected chi connectivity index (χ0v) is 14.1. The third kappa shape index (κ3) is 3.16. The third-order valence-electron chi connectivity index (χ3n) is 4.32. The van der Waals surface area contributed by atoms with Crippen LogP contribution in [0.3, 0.4) is 0 Å². The van der Waals surface area contributed by atoms with Crippen LogP contribution in [-0.4, -0.2) is 41.8 Å². The van der Waals surface area contributed by atoms with Gasteiger partial charge >= 0.3 is 0 Å². The first kappa shape index (κ1) is 15.0. The molecule has 5 nitrogen and oxygen atoms in total. The summed E-state index contributed by atoms with van der Waals surface area (Å²) >= 11 is 3.69. The summed E-state index contributed by atoms with van der Waals surface area (Å²) in [4.78, 5) is 11.3. The molecule has 6 heteroatoms. The molecule has 1 aromatic heterocycles. The molecule has 0 aromatic carbocycles. The molecule has 1 aliphatic carbocycles. The molecule has 0 spiro atoms. The van der Waals surface area contributed by atoms with Crippen molar-refractivity contribution in [3.05, 3.63) is 10.8 Å². The topological polar surface area (TPSA) is 50.3 Å². The lowest BCUT2D eigenvalue weighted by atomic mass is 9.90. The fraction of sp³-hybridized carbons (Fsp3) is 0.733. The van der Waals surface area contributed by atoms with Crippen LogP contribution in [0.1, 0.15) is 39.0 Å². The monoisotopic (exact) mass is 354 g/mol. The van der Waals surface area contributed by atoms with Crippen molar-refractivity contribution in [2.24, 2.45) is 0 Å². The Labute approximate surface area is 134 Å². The zero-order chi connectivity index (χ0) is 14.7. The van der Waals surface area contributed by atoms with Crippen LogP contribution in [0, 0.1) is 0 Å². The van der Waals surface area contributed by atoms with Crippen molar-refractivity contribution in [3.8, 4) is 0 Å². The van der Waals surface area contributed by atoms with E-state index in [4.69, 9.17) is 4.74 Å². The molecule has 2 heterocycles. The van der Waals surface area contributed by atoms with Gasteiger partial charge in [-0.05, 0) is 35.2 Å². The lowest BCUT2D eigenvalue weighted by Crippen LogP contribution is -2.53. The molecule has 1 aliphatic heterocycles. The molecule has 2 unspecified atom stereocenters. The van der Waals surface area contributed by atoms with E-state index in [1.807, 2.05) is 0 Å². The molecule has 116 valence electrons. The Bertz CT molecular complexity index is 483. The fourth-order valence-corrected chi connectivity index (χ4v) is 3.86. The van der Waals surface area contributed by atoms with Crippen molar-refractivity contribution in [1.82, 2.24) is 9.97 Å². The Hall–Kier alpha value is -0.880. The predicted octanol–water partition coefficient (Wildman–Crippen LogP) is 3.21. The van der Waals surface area contributed by atoms with Crippen LogP contribution in [-0.2, 0) is 4.74 Å². The van der Waals surface area contributed by atoms with Gasteiger partial charge in [0.25, 0.3) is 0 Å². The van der Waals surface area contributed by atoms with Gasteiger partial charge in [-0.25, -0.2) is 9.97 Å². The van der Waals surface area contributed by atoms with E-state index in [1.165, 1.54) is 25.7 Å². The second-order valence-corrected chi connectivity index (χ2v) is 6.53. The Morgan fingerprint density at radius 2 is 2.24 bits per heavy atom. The molecule has 1 aromatic rings. The molecule has 2 atom stereocenters. The summed E-state index contributed by atoms with van der Waals surface area (Å²) in [6.45, 7) is 4.77. The summed E-state index contributed by atoms with van der Waals surface area (Å²) < 4.78 is 6.93. The van der Waals surface area contributed by atoms with Gasteiger partial charge in [0.15, 0.2) is 0 Å². The maximum Gasteiger partial charge on any atom is 0.148 e. The lowest BCUT2D eigenvalue weighted by molar-refractivity contribution is -0.00904. The highest BCUT2D eigenvalue weighted by molar-refractivity contribution is 9.10. The number of fused-ring (bicyclic) bond motifs is 1. The Kier molecular flexibility index (Phi) is 4.95. The van der Waals surface area contributed by atoms with Gasteiger partial charge in [0, 0.05) is 13.1 Å². The number of aromatic nitrogens is 2. The standard InChI is InChI=1S/C15H23BrN4O/c1-2-7-17-14-13(16)15(19-10-18-14)20-8-9-21-12-6-4-3-5-11(12)20/h10-12H,2-9H2,1H3,(H,17,18,19). The molecule has 0 amide bonds. The molecule has 0 radical (unpaired) electrons. The minimum absolute atomic E-state index is 0.362. The van der Waals surface area contributed by atoms with Gasteiger partial charge < -0.3 is 15.0 Å². The highest BCUT2D eigenvalue weighted by Crippen LogP contribution is 2.36. The van der Waals surface area contributed by atoms with Crippen LogP contribution in [0.5, 0.6) is 0 Å². The average Bonchev–Trinajstić information content (AvgIpc) is 2.53. The maximum atomic E-state index is 5.95. The van der Waals surface area contributed by atoms with Crippen LogP contribution in [0.15, 0.2) is 10.8 Å². The molecular formula is C15H23BrN4O. The SMILES string of the molecule is CCCNc1ncnc(N2CCOC3CCCCC32)c1Br. The summed E-state index contributed by atoms with van der Waals surface area (Å²) in [7, 11) is 0. The second kappa shape index (κ2) is 6.92. The molecule has 21 heavy (non-hydrogen) atoms. The minimum atomic E-state index is 0.362. The molecular weight excluding hydrogens is 332 g/mol. The van der Waals surface area contributed by atoms with Gasteiger partial charge in [-0.15, -0.1) is 0 Å². The highest BCUT2D eigenvalue weighted by Gasteiger charge is 2.35. The minimum Gasteiger partial charge on any atom is -0.374 e. The molecule has 1 saturated carbocycles. The first-order chi connectivity index (χ1) is 10.3. The van der Waals surface area contributed by atoms with E-state index < -0.39 is 0 Å². The van der Waals surface area contributed by atoms with Crippen molar-refractivity contribution in [1.29, 1.82) is 0 Å². The number of rotatable bonds is 4. The Morgan fingerprint density at radius 3 is 3.10 bits per heavy atom. The van der Waals surface area contributed by atoms with Crippen LogP contribution >= 0.6 is 15.9 Å². The largest absolute Gasteiger partial charge is 0.374 e. The Balaban J connectivity index is 1.84. The summed E-state index contributed by atoms with van der Waals surface area (Å²) in [5.74, 6) is 1.89. The third-order valence-corrected chi connectivity index (χ3v) is 5.05. The average molecular weight is 355 g/mol. The van der Waals surface area contributed by atoms with E-state index >= 15 is 0 Å². The van der Waals surface area contributed by atoms with Crippen LogP contribution < -0.4 is 10.2 Å². The van der Waals surface area contributed by atoms with Crippen molar-refractivity contribution >= 4 is 27.6 Å². The second-order valence-electron chi connectivity index (χ2n) is 5.74. The van der Waals surface area contributed by atoms with E-state index in [0.717, 1.165) is 42.2 Å². The first-order valence-electron chi connectivity index (χ1n) is 7.94.